The van der Waals surface area contributed by atoms with Gasteiger partial charge in [-0.3, -0.25) is 4.98 Å². The van der Waals surface area contributed by atoms with Gasteiger partial charge < -0.3 is 4.74 Å². The molecule has 0 N–H and O–H groups in total. The van der Waals surface area contributed by atoms with Crippen LogP contribution in [0.4, 0.5) is 0 Å². The topological polar surface area (TPSA) is 39.2 Å². The van der Waals surface area contributed by atoms with Crippen LogP contribution >= 0.6 is 0 Å². The number of methoxy groups -OCH3 is 1. The number of ether oxygens (including phenoxy) is 1. The van der Waals surface area contributed by atoms with Gasteiger partial charge in [0.2, 0.25) is 0 Å². The second-order valence-electron chi connectivity index (χ2n) is 5.14. The summed E-state index contributed by atoms with van der Waals surface area (Å²) >= 11 is 0. The smallest absolute Gasteiger partial charge is 0.338 e. The Morgan fingerprint density at radius 1 is 1.30 bits per heavy atom. The van der Waals surface area contributed by atoms with Crippen LogP contribution in [0.3, 0.4) is 0 Å². The number of pyridine rings is 1. The number of carbonyl (C=O) groups is 1. The first kappa shape index (κ1) is 14.3. The average molecular weight is 269 g/mol. The van der Waals surface area contributed by atoms with Gasteiger partial charge in [0.1, 0.15) is 0 Å². The fourth-order valence-electron chi connectivity index (χ4n) is 2.39. The number of hydrogen-bond acceptors (Lipinski definition) is 3. The number of benzene rings is 1. The third-order valence-corrected chi connectivity index (χ3v) is 3.41. The lowest BCUT2D eigenvalue weighted by molar-refractivity contribution is 0.0601. The number of hydrogen-bond donors (Lipinski definition) is 0. The highest BCUT2D eigenvalue weighted by Crippen LogP contribution is 2.30. The van der Waals surface area contributed by atoms with E-state index in [1.54, 1.807) is 12.4 Å². The molecule has 0 unspecified atom stereocenters. The molecule has 0 radical (unpaired) electrons. The van der Waals surface area contributed by atoms with Crippen molar-refractivity contribution in [2.24, 2.45) is 0 Å². The van der Waals surface area contributed by atoms with Crippen molar-refractivity contribution in [1.82, 2.24) is 4.98 Å². The van der Waals surface area contributed by atoms with Gasteiger partial charge in [-0.2, -0.15) is 0 Å². The molecule has 1 aromatic heterocycles. The highest BCUT2D eigenvalue weighted by molar-refractivity contribution is 5.97. The van der Waals surface area contributed by atoms with Gasteiger partial charge in [0.25, 0.3) is 0 Å². The van der Waals surface area contributed by atoms with E-state index in [-0.39, 0.29) is 5.97 Å². The van der Waals surface area contributed by atoms with Gasteiger partial charge in [-0.05, 0) is 47.7 Å². The molecule has 104 valence electrons. The summed E-state index contributed by atoms with van der Waals surface area (Å²) in [6.45, 7) is 6.31. The van der Waals surface area contributed by atoms with Gasteiger partial charge in [0.05, 0.1) is 12.7 Å². The maximum Gasteiger partial charge on any atom is 0.338 e. The molecule has 2 aromatic rings. The molecule has 0 saturated carbocycles. The molecule has 3 heteroatoms. The first-order valence-electron chi connectivity index (χ1n) is 6.67. The van der Waals surface area contributed by atoms with Crippen LogP contribution in [0.1, 0.15) is 41.3 Å². The van der Waals surface area contributed by atoms with E-state index in [1.165, 1.54) is 12.7 Å². The summed E-state index contributed by atoms with van der Waals surface area (Å²) in [5, 5.41) is 0. The minimum Gasteiger partial charge on any atom is -0.465 e. The van der Waals surface area contributed by atoms with Crippen molar-refractivity contribution in [1.29, 1.82) is 0 Å². The molecule has 1 heterocycles. The van der Waals surface area contributed by atoms with E-state index in [0.29, 0.717) is 11.5 Å². The van der Waals surface area contributed by atoms with E-state index in [0.717, 1.165) is 16.7 Å². The summed E-state index contributed by atoms with van der Waals surface area (Å²) in [5.74, 6) is 0.0828. The van der Waals surface area contributed by atoms with E-state index in [9.17, 15) is 4.79 Å². The summed E-state index contributed by atoms with van der Waals surface area (Å²) in [6.07, 6.45) is 3.49. The van der Waals surface area contributed by atoms with Crippen molar-refractivity contribution in [3.63, 3.8) is 0 Å². The van der Waals surface area contributed by atoms with Crippen LogP contribution < -0.4 is 0 Å². The van der Waals surface area contributed by atoms with Crippen LogP contribution in [-0.2, 0) is 4.74 Å². The predicted octanol–water partition coefficient (Wildman–Crippen LogP) is 3.97. The Morgan fingerprint density at radius 3 is 2.60 bits per heavy atom. The maximum atomic E-state index is 12.0. The Morgan fingerprint density at radius 2 is 2.05 bits per heavy atom. The van der Waals surface area contributed by atoms with E-state index in [1.807, 2.05) is 25.1 Å². The van der Waals surface area contributed by atoms with Gasteiger partial charge in [0, 0.05) is 18.0 Å². The lowest BCUT2D eigenvalue weighted by Gasteiger charge is -2.15. The fourth-order valence-corrected chi connectivity index (χ4v) is 2.39. The predicted molar refractivity (Wildman–Crippen MR) is 79.8 cm³/mol. The average Bonchev–Trinajstić information content (AvgIpc) is 2.46. The second kappa shape index (κ2) is 5.87. The molecule has 20 heavy (non-hydrogen) atoms. The van der Waals surface area contributed by atoms with Crippen molar-refractivity contribution in [2.45, 2.75) is 26.7 Å². The molecular weight excluding hydrogens is 250 g/mol. The minimum absolute atomic E-state index is 0.317. The SMILES string of the molecule is COC(=O)c1cc(C)c(C(C)C)cc1-c1cccnc1. The minimum atomic E-state index is -0.317. The van der Waals surface area contributed by atoms with Gasteiger partial charge in [-0.15, -0.1) is 0 Å². The van der Waals surface area contributed by atoms with Crippen LogP contribution in [0.2, 0.25) is 0 Å². The number of aromatic nitrogens is 1. The third kappa shape index (κ3) is 2.72. The van der Waals surface area contributed by atoms with Crippen LogP contribution in [0.5, 0.6) is 0 Å². The van der Waals surface area contributed by atoms with Crippen molar-refractivity contribution in [2.75, 3.05) is 7.11 Å². The number of carbonyl (C=O) groups excluding carboxylic acids is 1. The molecule has 0 aliphatic rings. The molecule has 0 aliphatic heterocycles. The maximum absolute atomic E-state index is 12.0. The third-order valence-electron chi connectivity index (χ3n) is 3.41. The molecule has 1 aromatic carbocycles. The van der Waals surface area contributed by atoms with Crippen molar-refractivity contribution >= 4 is 5.97 Å². The molecule has 0 atom stereocenters. The van der Waals surface area contributed by atoms with Crippen LogP contribution in [-0.4, -0.2) is 18.1 Å². The summed E-state index contributed by atoms with van der Waals surface area (Å²) in [4.78, 5) is 16.1. The lowest BCUT2D eigenvalue weighted by Crippen LogP contribution is -2.06. The van der Waals surface area contributed by atoms with Crippen molar-refractivity contribution in [3.05, 3.63) is 53.3 Å². The van der Waals surface area contributed by atoms with Gasteiger partial charge in [0.15, 0.2) is 0 Å². The zero-order valence-corrected chi connectivity index (χ0v) is 12.3. The Labute approximate surface area is 119 Å². The van der Waals surface area contributed by atoms with Gasteiger partial charge in [-0.1, -0.05) is 19.9 Å². The first-order valence-corrected chi connectivity index (χ1v) is 6.67. The number of nitrogens with zero attached hydrogens (tertiary/aromatic N) is 1. The van der Waals surface area contributed by atoms with Crippen LogP contribution in [0.25, 0.3) is 11.1 Å². The lowest BCUT2D eigenvalue weighted by atomic mass is 9.90. The number of rotatable bonds is 3. The van der Waals surface area contributed by atoms with Gasteiger partial charge in [-0.25, -0.2) is 4.79 Å². The Hall–Kier alpha value is -2.16. The van der Waals surface area contributed by atoms with Crippen LogP contribution in [0.15, 0.2) is 36.7 Å². The molecule has 2 rings (SSSR count). The van der Waals surface area contributed by atoms with Crippen molar-refractivity contribution in [3.8, 4) is 11.1 Å². The van der Waals surface area contributed by atoms with E-state index < -0.39 is 0 Å². The fraction of sp³-hybridized carbons (Fsp3) is 0.294. The molecule has 0 saturated heterocycles. The number of aryl methyl sites for hydroxylation is 1. The highest BCUT2D eigenvalue weighted by Gasteiger charge is 2.17. The van der Waals surface area contributed by atoms with Gasteiger partial charge >= 0.3 is 5.97 Å². The van der Waals surface area contributed by atoms with Crippen molar-refractivity contribution < 1.29 is 9.53 Å². The highest BCUT2D eigenvalue weighted by atomic mass is 16.5. The summed E-state index contributed by atoms with van der Waals surface area (Å²) < 4.78 is 4.89. The Bertz CT molecular complexity index is 618. The summed E-state index contributed by atoms with van der Waals surface area (Å²) in [7, 11) is 1.40. The van der Waals surface area contributed by atoms with E-state index in [2.05, 4.69) is 24.9 Å². The summed E-state index contributed by atoms with van der Waals surface area (Å²) in [5.41, 5.74) is 4.72. The summed E-state index contributed by atoms with van der Waals surface area (Å²) in [6, 6.07) is 7.80. The van der Waals surface area contributed by atoms with E-state index in [4.69, 9.17) is 4.74 Å². The Balaban J connectivity index is 2.68. The second-order valence-corrected chi connectivity index (χ2v) is 5.14. The Kier molecular flexibility index (Phi) is 4.18. The monoisotopic (exact) mass is 269 g/mol. The normalized spacial score (nSPS) is 10.7. The number of esters is 1. The molecule has 0 amide bonds. The van der Waals surface area contributed by atoms with E-state index >= 15 is 0 Å². The first-order chi connectivity index (χ1) is 9.54. The molecule has 0 spiro atoms. The molecule has 0 bridgehead atoms. The molecule has 0 fully saturated rings. The standard InChI is InChI=1S/C17H19NO2/c1-11(2)14-9-15(13-6-5-7-18-10-13)16(8-12(14)3)17(19)20-4/h5-11H,1-4H3. The quantitative estimate of drug-likeness (QED) is 0.791. The molecule has 0 aliphatic carbocycles. The zero-order valence-electron chi connectivity index (χ0n) is 12.3. The largest absolute Gasteiger partial charge is 0.465 e. The zero-order chi connectivity index (χ0) is 14.7. The van der Waals surface area contributed by atoms with Crippen LogP contribution in [0, 0.1) is 6.92 Å². The molecule has 3 nitrogen and oxygen atoms in total. The molecular formula is C17H19NO2.